The standard InChI is InChI=1S/C27H33N3O3/c1-20-18-26(21(2)30(20)23-8-12-25(33-4)13-9-23)27(31)29-15-5-14-28(16-17-29)19-22-6-10-24(32-3)11-7-22/h6-13,18H,5,14-17,19H2,1-4H3. The van der Waals surface area contributed by atoms with Crippen molar-refractivity contribution in [1.29, 1.82) is 0 Å². The molecule has 0 spiro atoms. The van der Waals surface area contributed by atoms with Crippen LogP contribution in [0.15, 0.2) is 54.6 Å². The van der Waals surface area contributed by atoms with E-state index >= 15 is 0 Å². The van der Waals surface area contributed by atoms with Crippen LogP contribution in [0.3, 0.4) is 0 Å². The Morgan fingerprint density at radius 3 is 2.12 bits per heavy atom. The van der Waals surface area contributed by atoms with Crippen LogP contribution < -0.4 is 9.47 Å². The molecule has 0 unspecified atom stereocenters. The van der Waals surface area contributed by atoms with Crippen molar-refractivity contribution in [2.45, 2.75) is 26.8 Å². The molecular weight excluding hydrogens is 414 g/mol. The molecule has 2 heterocycles. The van der Waals surface area contributed by atoms with Crippen molar-refractivity contribution in [2.75, 3.05) is 40.4 Å². The van der Waals surface area contributed by atoms with Gasteiger partial charge in [-0.05, 0) is 68.3 Å². The smallest absolute Gasteiger partial charge is 0.255 e. The molecule has 0 atom stereocenters. The number of ether oxygens (including phenoxy) is 2. The van der Waals surface area contributed by atoms with Crippen LogP contribution in [0, 0.1) is 13.8 Å². The van der Waals surface area contributed by atoms with Crippen molar-refractivity contribution in [3.8, 4) is 17.2 Å². The Bertz CT molecular complexity index is 1090. The van der Waals surface area contributed by atoms with Gasteiger partial charge < -0.3 is 18.9 Å². The van der Waals surface area contributed by atoms with Crippen molar-refractivity contribution in [2.24, 2.45) is 0 Å². The first kappa shape index (κ1) is 22.9. The number of hydrogen-bond acceptors (Lipinski definition) is 4. The average molecular weight is 448 g/mol. The molecule has 0 aliphatic carbocycles. The second kappa shape index (κ2) is 10.1. The van der Waals surface area contributed by atoms with Gasteiger partial charge in [0.05, 0.1) is 19.8 Å². The van der Waals surface area contributed by atoms with Gasteiger partial charge in [-0.25, -0.2) is 0 Å². The minimum Gasteiger partial charge on any atom is -0.497 e. The van der Waals surface area contributed by atoms with Gasteiger partial charge in [0, 0.05) is 49.8 Å². The Morgan fingerprint density at radius 2 is 1.48 bits per heavy atom. The quantitative estimate of drug-likeness (QED) is 0.560. The van der Waals surface area contributed by atoms with E-state index in [1.165, 1.54) is 5.56 Å². The molecule has 0 radical (unpaired) electrons. The van der Waals surface area contributed by atoms with Gasteiger partial charge in [-0.2, -0.15) is 0 Å². The molecule has 0 N–H and O–H groups in total. The summed E-state index contributed by atoms with van der Waals surface area (Å²) in [7, 11) is 3.35. The number of carbonyl (C=O) groups excluding carboxylic acids is 1. The topological polar surface area (TPSA) is 46.9 Å². The summed E-state index contributed by atoms with van der Waals surface area (Å²) >= 11 is 0. The molecule has 3 aromatic rings. The van der Waals surface area contributed by atoms with E-state index in [9.17, 15) is 4.79 Å². The first-order valence-electron chi connectivity index (χ1n) is 11.5. The number of rotatable bonds is 6. The van der Waals surface area contributed by atoms with Crippen molar-refractivity contribution in [1.82, 2.24) is 14.4 Å². The number of aryl methyl sites for hydroxylation is 1. The number of methoxy groups -OCH3 is 2. The Hall–Kier alpha value is -3.25. The molecule has 4 rings (SSSR count). The average Bonchev–Trinajstić information content (AvgIpc) is 2.99. The van der Waals surface area contributed by atoms with E-state index in [1.807, 2.05) is 61.2 Å². The van der Waals surface area contributed by atoms with Crippen molar-refractivity contribution in [3.05, 3.63) is 77.1 Å². The fourth-order valence-corrected chi connectivity index (χ4v) is 4.60. The molecule has 6 nitrogen and oxygen atoms in total. The summed E-state index contributed by atoms with van der Waals surface area (Å²) in [5.74, 6) is 1.81. The van der Waals surface area contributed by atoms with Crippen LogP contribution in [-0.4, -0.2) is 60.7 Å². The van der Waals surface area contributed by atoms with Gasteiger partial charge in [0.15, 0.2) is 0 Å². The number of hydrogen-bond donors (Lipinski definition) is 0. The highest BCUT2D eigenvalue weighted by Gasteiger charge is 2.24. The summed E-state index contributed by atoms with van der Waals surface area (Å²) in [4.78, 5) is 17.9. The number of benzene rings is 2. The number of carbonyl (C=O) groups is 1. The Labute approximate surface area is 196 Å². The van der Waals surface area contributed by atoms with Gasteiger partial charge in [-0.15, -0.1) is 0 Å². The minimum absolute atomic E-state index is 0.120. The summed E-state index contributed by atoms with van der Waals surface area (Å²) in [5, 5.41) is 0. The maximum atomic E-state index is 13.5. The monoisotopic (exact) mass is 447 g/mol. The molecule has 2 aromatic carbocycles. The van der Waals surface area contributed by atoms with E-state index in [2.05, 4.69) is 21.6 Å². The molecular formula is C27H33N3O3. The first-order chi connectivity index (χ1) is 16.0. The fraction of sp³-hybridized carbons (Fsp3) is 0.370. The molecule has 1 saturated heterocycles. The van der Waals surface area contributed by atoms with Crippen molar-refractivity contribution < 1.29 is 14.3 Å². The van der Waals surface area contributed by atoms with Gasteiger partial charge in [-0.1, -0.05) is 12.1 Å². The molecule has 1 aliphatic rings. The van der Waals surface area contributed by atoms with Crippen LogP contribution in [-0.2, 0) is 6.54 Å². The van der Waals surface area contributed by atoms with E-state index in [-0.39, 0.29) is 5.91 Å². The molecule has 6 heteroatoms. The third-order valence-electron chi connectivity index (χ3n) is 6.43. The molecule has 0 saturated carbocycles. The normalized spacial score (nSPS) is 14.7. The zero-order chi connectivity index (χ0) is 23.4. The van der Waals surface area contributed by atoms with E-state index in [1.54, 1.807) is 14.2 Å². The molecule has 1 amide bonds. The van der Waals surface area contributed by atoms with Crippen LogP contribution in [0.4, 0.5) is 0 Å². The van der Waals surface area contributed by atoms with Crippen molar-refractivity contribution >= 4 is 5.91 Å². The Kier molecular flexibility index (Phi) is 7.04. The highest BCUT2D eigenvalue weighted by atomic mass is 16.5. The van der Waals surface area contributed by atoms with Gasteiger partial charge in [0.2, 0.25) is 0 Å². The lowest BCUT2D eigenvalue weighted by Gasteiger charge is -2.22. The lowest BCUT2D eigenvalue weighted by Crippen LogP contribution is -2.35. The largest absolute Gasteiger partial charge is 0.497 e. The molecule has 0 bridgehead atoms. The van der Waals surface area contributed by atoms with E-state index < -0.39 is 0 Å². The summed E-state index contributed by atoms with van der Waals surface area (Å²) < 4.78 is 12.7. The zero-order valence-electron chi connectivity index (χ0n) is 20.0. The molecule has 1 fully saturated rings. The fourth-order valence-electron chi connectivity index (χ4n) is 4.60. The second-order valence-electron chi connectivity index (χ2n) is 8.59. The maximum absolute atomic E-state index is 13.5. The van der Waals surface area contributed by atoms with Crippen LogP contribution in [0.1, 0.15) is 33.7 Å². The molecule has 1 aliphatic heterocycles. The van der Waals surface area contributed by atoms with Crippen LogP contribution in [0.5, 0.6) is 11.5 Å². The van der Waals surface area contributed by atoms with Crippen LogP contribution >= 0.6 is 0 Å². The number of amides is 1. The maximum Gasteiger partial charge on any atom is 0.255 e. The van der Waals surface area contributed by atoms with Crippen LogP contribution in [0.2, 0.25) is 0 Å². The predicted molar refractivity (Wildman–Crippen MR) is 131 cm³/mol. The van der Waals surface area contributed by atoms with Crippen molar-refractivity contribution in [3.63, 3.8) is 0 Å². The lowest BCUT2D eigenvalue weighted by molar-refractivity contribution is 0.0760. The third-order valence-corrected chi connectivity index (χ3v) is 6.43. The summed E-state index contributed by atoms with van der Waals surface area (Å²) in [6, 6.07) is 18.2. The minimum atomic E-state index is 0.120. The Balaban J connectivity index is 1.44. The SMILES string of the molecule is COc1ccc(CN2CCCN(C(=O)c3cc(C)n(-c4ccc(OC)cc4)c3C)CC2)cc1. The van der Waals surface area contributed by atoms with Gasteiger partial charge in [0.25, 0.3) is 5.91 Å². The number of nitrogens with zero attached hydrogens (tertiary/aromatic N) is 3. The first-order valence-corrected chi connectivity index (χ1v) is 11.5. The number of aromatic nitrogens is 1. The predicted octanol–water partition coefficient (Wildman–Crippen LogP) is 4.46. The second-order valence-corrected chi connectivity index (χ2v) is 8.59. The summed E-state index contributed by atoms with van der Waals surface area (Å²) in [5.41, 5.74) is 5.11. The van der Waals surface area contributed by atoms with E-state index in [0.29, 0.717) is 0 Å². The van der Waals surface area contributed by atoms with Gasteiger partial charge >= 0.3 is 0 Å². The highest BCUT2D eigenvalue weighted by molar-refractivity contribution is 5.96. The van der Waals surface area contributed by atoms with E-state index in [0.717, 1.165) is 73.3 Å². The highest BCUT2D eigenvalue weighted by Crippen LogP contribution is 2.24. The molecule has 174 valence electrons. The van der Waals surface area contributed by atoms with Gasteiger partial charge in [0.1, 0.15) is 11.5 Å². The molecule has 33 heavy (non-hydrogen) atoms. The third kappa shape index (κ3) is 5.06. The lowest BCUT2D eigenvalue weighted by atomic mass is 10.2. The zero-order valence-corrected chi connectivity index (χ0v) is 20.0. The molecule has 1 aromatic heterocycles. The summed E-state index contributed by atoms with van der Waals surface area (Å²) in [6.07, 6.45) is 0.971. The van der Waals surface area contributed by atoms with E-state index in [4.69, 9.17) is 9.47 Å². The Morgan fingerprint density at radius 1 is 0.848 bits per heavy atom. The summed E-state index contributed by atoms with van der Waals surface area (Å²) in [6.45, 7) is 8.34. The van der Waals surface area contributed by atoms with Crippen LogP contribution in [0.25, 0.3) is 5.69 Å². The van der Waals surface area contributed by atoms with Gasteiger partial charge in [-0.3, -0.25) is 9.69 Å².